The Hall–Kier alpha value is -2.34. The minimum absolute atomic E-state index is 0.0391. The Morgan fingerprint density at radius 3 is 2.19 bits per heavy atom. The molecule has 8 nitrogen and oxygen atoms in total. The number of hydrogen-bond donors (Lipinski definition) is 1. The van der Waals surface area contributed by atoms with Crippen LogP contribution in [0.15, 0.2) is 23.1 Å². The molecule has 1 heterocycles. The van der Waals surface area contributed by atoms with E-state index in [9.17, 15) is 31.2 Å². The molecule has 1 aromatic carbocycles. The highest BCUT2D eigenvalue weighted by Crippen LogP contribution is 2.34. The molecule has 1 amide bonds. The number of esters is 1. The van der Waals surface area contributed by atoms with E-state index < -0.39 is 49.9 Å². The number of alkyl halides is 3. The quantitative estimate of drug-likeness (QED) is 0.684. The third-order valence-electron chi connectivity index (χ3n) is 4.51. The number of carbonyl (C=O) groups is 2. The molecule has 174 valence electrons. The number of amides is 1. The lowest BCUT2D eigenvalue weighted by molar-refractivity contribution is -0.138. The number of benzene rings is 1. The molecule has 0 aromatic heterocycles. The number of hydrogen-bond acceptors (Lipinski definition) is 6. The second-order valence-electron chi connectivity index (χ2n) is 8.02. The van der Waals surface area contributed by atoms with E-state index in [1.807, 2.05) is 0 Å². The molecule has 1 saturated heterocycles. The molecule has 0 atom stereocenters. The van der Waals surface area contributed by atoms with Gasteiger partial charge in [0.25, 0.3) is 0 Å². The number of methoxy groups -OCH3 is 1. The van der Waals surface area contributed by atoms with Gasteiger partial charge < -0.3 is 14.8 Å². The molecule has 1 aliphatic rings. The summed E-state index contributed by atoms with van der Waals surface area (Å²) in [5.41, 5.74) is -2.83. The predicted molar refractivity (Wildman–Crippen MR) is 104 cm³/mol. The first-order valence-electron chi connectivity index (χ1n) is 9.44. The van der Waals surface area contributed by atoms with Gasteiger partial charge in [0.05, 0.1) is 23.1 Å². The third-order valence-corrected chi connectivity index (χ3v) is 6.41. The van der Waals surface area contributed by atoms with Crippen LogP contribution in [-0.2, 0) is 25.7 Å². The lowest BCUT2D eigenvalue weighted by atomic mass is 10.1. The summed E-state index contributed by atoms with van der Waals surface area (Å²) in [6.45, 7) is 5.23. The van der Waals surface area contributed by atoms with Gasteiger partial charge in [-0.3, -0.25) is 0 Å². The average Bonchev–Trinajstić information content (AvgIpc) is 2.65. The van der Waals surface area contributed by atoms with Gasteiger partial charge >= 0.3 is 18.2 Å². The van der Waals surface area contributed by atoms with Gasteiger partial charge in [0, 0.05) is 19.1 Å². The maximum Gasteiger partial charge on any atom is 0.417 e. The number of ether oxygens (including phenoxy) is 2. The van der Waals surface area contributed by atoms with Crippen LogP contribution in [0, 0.1) is 0 Å². The van der Waals surface area contributed by atoms with Crippen molar-refractivity contribution in [3.63, 3.8) is 0 Å². The molecular weight excluding hydrogens is 441 g/mol. The Kier molecular flexibility index (Phi) is 7.26. The second kappa shape index (κ2) is 9.03. The summed E-state index contributed by atoms with van der Waals surface area (Å²) < 4.78 is 76.0. The van der Waals surface area contributed by atoms with Gasteiger partial charge in [-0.2, -0.15) is 17.5 Å². The summed E-state index contributed by atoms with van der Waals surface area (Å²) in [5.74, 6) is -1.29. The minimum atomic E-state index is -4.85. The van der Waals surface area contributed by atoms with E-state index in [1.165, 1.54) is 0 Å². The van der Waals surface area contributed by atoms with Crippen molar-refractivity contribution in [2.45, 2.75) is 56.3 Å². The van der Waals surface area contributed by atoms with E-state index in [0.29, 0.717) is 25.0 Å². The first-order valence-corrected chi connectivity index (χ1v) is 10.9. The monoisotopic (exact) mass is 466 g/mol. The average molecular weight is 466 g/mol. The SMILES string of the molecule is COC(=O)c1cc(S(=O)(=O)N2CCC(NC(=O)OC(C)(C)C)CC2)ccc1C(F)(F)F. The van der Waals surface area contributed by atoms with Crippen LogP contribution in [0.3, 0.4) is 0 Å². The summed E-state index contributed by atoms with van der Waals surface area (Å²) in [4.78, 5) is 23.2. The predicted octanol–water partition coefficient (Wildman–Crippen LogP) is 3.17. The highest BCUT2D eigenvalue weighted by atomic mass is 32.2. The molecule has 31 heavy (non-hydrogen) atoms. The molecule has 1 fully saturated rings. The first kappa shape index (κ1) is 24.9. The van der Waals surface area contributed by atoms with E-state index in [-0.39, 0.29) is 19.1 Å². The van der Waals surface area contributed by atoms with Crippen molar-refractivity contribution in [2.75, 3.05) is 20.2 Å². The van der Waals surface area contributed by atoms with Crippen molar-refractivity contribution in [1.29, 1.82) is 0 Å². The number of rotatable bonds is 4. The Labute approximate surface area is 178 Å². The molecule has 1 N–H and O–H groups in total. The number of carbonyl (C=O) groups excluding carboxylic acids is 2. The Morgan fingerprint density at radius 1 is 1.13 bits per heavy atom. The van der Waals surface area contributed by atoms with Crippen LogP contribution in [0.25, 0.3) is 0 Å². The Bertz CT molecular complexity index is 933. The molecule has 0 unspecified atom stereocenters. The topological polar surface area (TPSA) is 102 Å². The standard InChI is InChI=1S/C19H25F3N2O6S/c1-18(2,3)30-17(26)23-12-7-9-24(10-8-12)31(27,28)13-5-6-15(19(20,21)22)14(11-13)16(25)29-4/h5-6,11-12H,7-10H2,1-4H3,(H,23,26). The Balaban J connectivity index is 2.16. The van der Waals surface area contributed by atoms with Crippen LogP contribution in [0.1, 0.15) is 49.5 Å². The summed E-state index contributed by atoms with van der Waals surface area (Å²) in [7, 11) is -3.25. The molecule has 12 heteroatoms. The van der Waals surface area contributed by atoms with E-state index in [0.717, 1.165) is 17.5 Å². The fourth-order valence-corrected chi connectivity index (χ4v) is 4.57. The van der Waals surface area contributed by atoms with Gasteiger partial charge in [0.1, 0.15) is 5.60 Å². The first-order chi connectivity index (χ1) is 14.1. The highest BCUT2D eigenvalue weighted by Gasteiger charge is 2.38. The lowest BCUT2D eigenvalue weighted by Crippen LogP contribution is -2.47. The van der Waals surface area contributed by atoms with E-state index >= 15 is 0 Å². The Morgan fingerprint density at radius 2 is 1.71 bits per heavy atom. The smallest absolute Gasteiger partial charge is 0.417 e. The van der Waals surface area contributed by atoms with Gasteiger partial charge in [0.15, 0.2) is 0 Å². The van der Waals surface area contributed by atoms with Gasteiger partial charge in [0.2, 0.25) is 10.0 Å². The van der Waals surface area contributed by atoms with Crippen molar-refractivity contribution < 1.29 is 40.7 Å². The fourth-order valence-electron chi connectivity index (χ4n) is 3.07. The third kappa shape index (κ3) is 6.33. The zero-order valence-electron chi connectivity index (χ0n) is 17.6. The number of alkyl carbamates (subject to hydrolysis) is 1. The number of nitrogens with one attached hydrogen (secondary N) is 1. The van der Waals surface area contributed by atoms with Gasteiger partial charge in [-0.1, -0.05) is 0 Å². The van der Waals surface area contributed by atoms with Crippen molar-refractivity contribution in [3.8, 4) is 0 Å². The molecule has 0 radical (unpaired) electrons. The summed E-state index contributed by atoms with van der Waals surface area (Å²) >= 11 is 0. The van der Waals surface area contributed by atoms with Crippen molar-refractivity contribution >= 4 is 22.1 Å². The van der Waals surface area contributed by atoms with Crippen molar-refractivity contribution in [2.24, 2.45) is 0 Å². The van der Waals surface area contributed by atoms with E-state index in [2.05, 4.69) is 10.1 Å². The van der Waals surface area contributed by atoms with E-state index in [4.69, 9.17) is 4.74 Å². The van der Waals surface area contributed by atoms with Gasteiger partial charge in [-0.25, -0.2) is 18.0 Å². The molecule has 0 aliphatic carbocycles. The van der Waals surface area contributed by atoms with Crippen LogP contribution < -0.4 is 5.32 Å². The molecule has 1 aromatic rings. The van der Waals surface area contributed by atoms with Gasteiger partial charge in [-0.05, 0) is 51.8 Å². The molecule has 2 rings (SSSR count). The fraction of sp³-hybridized carbons (Fsp3) is 0.579. The zero-order valence-corrected chi connectivity index (χ0v) is 18.4. The van der Waals surface area contributed by atoms with E-state index in [1.54, 1.807) is 20.8 Å². The molecule has 1 aliphatic heterocycles. The lowest BCUT2D eigenvalue weighted by Gasteiger charge is -2.32. The summed E-state index contributed by atoms with van der Waals surface area (Å²) in [6, 6.07) is 1.74. The maximum atomic E-state index is 13.2. The van der Waals surface area contributed by atoms with Crippen LogP contribution in [0.4, 0.5) is 18.0 Å². The van der Waals surface area contributed by atoms with Gasteiger partial charge in [-0.15, -0.1) is 0 Å². The number of nitrogens with zero attached hydrogens (tertiary/aromatic N) is 1. The van der Waals surface area contributed by atoms with Crippen LogP contribution in [-0.4, -0.2) is 56.6 Å². The maximum absolute atomic E-state index is 13.2. The van der Waals surface area contributed by atoms with Crippen molar-refractivity contribution in [1.82, 2.24) is 9.62 Å². The number of piperidine rings is 1. The van der Waals surface area contributed by atoms with Crippen LogP contribution in [0.2, 0.25) is 0 Å². The molecular formula is C19H25F3N2O6S. The normalized spacial score (nSPS) is 16.6. The summed E-state index contributed by atoms with van der Waals surface area (Å²) in [5, 5.41) is 2.67. The largest absolute Gasteiger partial charge is 0.465 e. The number of halogens is 3. The number of sulfonamides is 1. The minimum Gasteiger partial charge on any atom is -0.465 e. The second-order valence-corrected chi connectivity index (χ2v) is 9.96. The molecule has 0 saturated carbocycles. The van der Waals surface area contributed by atoms with Crippen molar-refractivity contribution in [3.05, 3.63) is 29.3 Å². The van der Waals surface area contributed by atoms with Crippen LogP contribution >= 0.6 is 0 Å². The zero-order chi connectivity index (χ0) is 23.6. The van der Waals surface area contributed by atoms with Crippen LogP contribution in [0.5, 0.6) is 0 Å². The highest BCUT2D eigenvalue weighted by molar-refractivity contribution is 7.89. The molecule has 0 spiro atoms. The summed E-state index contributed by atoms with van der Waals surface area (Å²) in [6.07, 6.45) is -4.87. The molecule has 0 bridgehead atoms.